The number of carboxylic acid groups (broad SMARTS) is 1. The van der Waals surface area contributed by atoms with Crippen molar-refractivity contribution in [3.05, 3.63) is 51.7 Å². The van der Waals surface area contributed by atoms with Crippen LogP contribution in [-0.4, -0.2) is 21.0 Å². The highest BCUT2D eigenvalue weighted by Crippen LogP contribution is 2.22. The molecule has 2 aromatic rings. The summed E-state index contributed by atoms with van der Waals surface area (Å²) in [4.78, 5) is 25.2. The van der Waals surface area contributed by atoms with Gasteiger partial charge in [0.2, 0.25) is 5.89 Å². The predicted molar refractivity (Wildman–Crippen MR) is 73.3 cm³/mol. The molecule has 0 aliphatic carbocycles. The number of nitrogens with one attached hydrogen (secondary N) is 1. The van der Waals surface area contributed by atoms with Crippen molar-refractivity contribution in [3.63, 3.8) is 0 Å². The summed E-state index contributed by atoms with van der Waals surface area (Å²) in [5.74, 6) is -0.0987. The average Bonchev–Trinajstić information content (AvgIpc) is 2.92. The second-order valence-corrected chi connectivity index (χ2v) is 4.22. The average molecular weight is 291 g/mol. The number of rotatable bonds is 6. The van der Waals surface area contributed by atoms with Gasteiger partial charge in [0, 0.05) is 24.2 Å². The summed E-state index contributed by atoms with van der Waals surface area (Å²) in [6, 6.07) is 3.60. The number of nitrogens with zero attached hydrogens (tertiary/aromatic N) is 2. The van der Waals surface area contributed by atoms with Crippen LogP contribution in [0.3, 0.4) is 0 Å². The first kappa shape index (κ1) is 14.5. The molecule has 0 spiro atoms. The highest BCUT2D eigenvalue weighted by atomic mass is 16.6. The van der Waals surface area contributed by atoms with E-state index in [1.807, 2.05) is 6.92 Å². The number of nitro groups is 1. The monoisotopic (exact) mass is 291 g/mol. The summed E-state index contributed by atoms with van der Waals surface area (Å²) >= 11 is 0. The number of carbonyl (C=O) groups is 1. The van der Waals surface area contributed by atoms with Gasteiger partial charge < -0.3 is 14.8 Å². The molecule has 21 heavy (non-hydrogen) atoms. The van der Waals surface area contributed by atoms with Crippen LogP contribution < -0.4 is 5.32 Å². The summed E-state index contributed by atoms with van der Waals surface area (Å²) in [6.45, 7) is 2.12. The van der Waals surface area contributed by atoms with E-state index in [1.54, 1.807) is 6.20 Å². The molecule has 1 heterocycles. The quantitative estimate of drug-likeness (QED) is 0.619. The second-order valence-electron chi connectivity index (χ2n) is 4.22. The van der Waals surface area contributed by atoms with Gasteiger partial charge in [-0.15, -0.1) is 0 Å². The Morgan fingerprint density at radius 3 is 2.86 bits per heavy atom. The number of aryl methyl sites for hydroxylation is 1. The molecule has 8 heteroatoms. The molecular formula is C13H13N3O5. The lowest BCUT2D eigenvalue weighted by Gasteiger charge is -2.07. The van der Waals surface area contributed by atoms with Gasteiger partial charge in [-0.05, 0) is 6.07 Å². The van der Waals surface area contributed by atoms with Crippen LogP contribution in [0.5, 0.6) is 0 Å². The maximum absolute atomic E-state index is 11.2. The molecule has 0 atom stereocenters. The smallest absolute Gasteiger partial charge is 0.338 e. The second kappa shape index (κ2) is 6.04. The first-order valence-electron chi connectivity index (χ1n) is 6.20. The van der Waals surface area contributed by atoms with Crippen molar-refractivity contribution in [3.8, 4) is 0 Å². The molecule has 0 aliphatic rings. The Kier molecular flexibility index (Phi) is 4.17. The Balaban J connectivity index is 2.19. The van der Waals surface area contributed by atoms with Crippen molar-refractivity contribution in [1.29, 1.82) is 0 Å². The van der Waals surface area contributed by atoms with Crippen molar-refractivity contribution in [2.24, 2.45) is 0 Å². The van der Waals surface area contributed by atoms with Crippen molar-refractivity contribution in [2.75, 3.05) is 5.32 Å². The molecule has 0 radical (unpaired) electrons. The SMILES string of the molecule is CCc1cnc(CNc2ccc([N+](=O)[O-])cc2C(=O)O)o1. The van der Waals surface area contributed by atoms with E-state index in [0.29, 0.717) is 12.3 Å². The third-order valence-corrected chi connectivity index (χ3v) is 2.82. The Morgan fingerprint density at radius 2 is 2.29 bits per heavy atom. The molecule has 0 unspecified atom stereocenters. The van der Waals surface area contributed by atoms with Crippen LogP contribution in [0.2, 0.25) is 0 Å². The fourth-order valence-corrected chi connectivity index (χ4v) is 1.74. The first-order valence-corrected chi connectivity index (χ1v) is 6.20. The summed E-state index contributed by atoms with van der Waals surface area (Å²) in [5, 5.41) is 22.6. The van der Waals surface area contributed by atoms with Gasteiger partial charge in [-0.25, -0.2) is 9.78 Å². The molecular weight excluding hydrogens is 278 g/mol. The van der Waals surface area contributed by atoms with E-state index in [2.05, 4.69) is 10.3 Å². The lowest BCUT2D eigenvalue weighted by Crippen LogP contribution is -2.07. The number of nitro benzene ring substituents is 1. The number of aromatic nitrogens is 1. The van der Waals surface area contributed by atoms with E-state index in [0.717, 1.165) is 11.8 Å². The van der Waals surface area contributed by atoms with Crippen molar-refractivity contribution < 1.29 is 19.2 Å². The molecule has 110 valence electrons. The summed E-state index contributed by atoms with van der Waals surface area (Å²) in [6.07, 6.45) is 2.32. The number of aromatic carboxylic acids is 1. The molecule has 1 aromatic heterocycles. The zero-order chi connectivity index (χ0) is 15.4. The normalized spacial score (nSPS) is 10.3. The van der Waals surface area contributed by atoms with E-state index in [-0.39, 0.29) is 23.5 Å². The van der Waals surface area contributed by atoms with Crippen LogP contribution in [0, 0.1) is 10.1 Å². The van der Waals surface area contributed by atoms with Crippen LogP contribution in [-0.2, 0) is 13.0 Å². The fourth-order valence-electron chi connectivity index (χ4n) is 1.74. The highest BCUT2D eigenvalue weighted by molar-refractivity contribution is 5.95. The molecule has 0 saturated heterocycles. The topological polar surface area (TPSA) is 118 Å². The van der Waals surface area contributed by atoms with Crippen LogP contribution in [0.1, 0.15) is 28.9 Å². The zero-order valence-corrected chi connectivity index (χ0v) is 11.2. The number of oxazole rings is 1. The van der Waals surface area contributed by atoms with Gasteiger partial charge in [-0.2, -0.15) is 0 Å². The van der Waals surface area contributed by atoms with E-state index in [4.69, 9.17) is 9.52 Å². The van der Waals surface area contributed by atoms with Crippen molar-refractivity contribution >= 4 is 17.3 Å². The molecule has 0 amide bonds. The van der Waals surface area contributed by atoms with Crippen molar-refractivity contribution in [1.82, 2.24) is 4.98 Å². The van der Waals surface area contributed by atoms with E-state index >= 15 is 0 Å². The Bertz CT molecular complexity index is 680. The largest absolute Gasteiger partial charge is 0.478 e. The third kappa shape index (κ3) is 3.35. The number of carboxylic acids is 1. The molecule has 2 rings (SSSR count). The molecule has 0 saturated carbocycles. The van der Waals surface area contributed by atoms with Gasteiger partial charge in [-0.3, -0.25) is 10.1 Å². The maximum Gasteiger partial charge on any atom is 0.338 e. The number of benzene rings is 1. The summed E-state index contributed by atoms with van der Waals surface area (Å²) in [7, 11) is 0. The highest BCUT2D eigenvalue weighted by Gasteiger charge is 2.16. The maximum atomic E-state index is 11.2. The summed E-state index contributed by atoms with van der Waals surface area (Å²) < 4.78 is 5.39. The van der Waals surface area contributed by atoms with E-state index in [1.165, 1.54) is 12.1 Å². The predicted octanol–water partition coefficient (Wildman–Crippen LogP) is 2.46. The van der Waals surface area contributed by atoms with Gasteiger partial charge in [0.05, 0.1) is 23.2 Å². The minimum absolute atomic E-state index is 0.175. The molecule has 2 N–H and O–H groups in total. The zero-order valence-electron chi connectivity index (χ0n) is 11.2. The lowest BCUT2D eigenvalue weighted by atomic mass is 10.1. The van der Waals surface area contributed by atoms with Gasteiger partial charge in [0.1, 0.15) is 5.76 Å². The van der Waals surface area contributed by atoms with Gasteiger partial charge in [-0.1, -0.05) is 6.92 Å². The first-order chi connectivity index (χ1) is 10.0. The van der Waals surface area contributed by atoms with Gasteiger partial charge in [0.25, 0.3) is 5.69 Å². The molecule has 0 bridgehead atoms. The lowest BCUT2D eigenvalue weighted by molar-refractivity contribution is -0.384. The van der Waals surface area contributed by atoms with E-state index < -0.39 is 10.9 Å². The fraction of sp³-hybridized carbons (Fsp3) is 0.231. The van der Waals surface area contributed by atoms with Crippen molar-refractivity contribution in [2.45, 2.75) is 19.9 Å². The number of anilines is 1. The van der Waals surface area contributed by atoms with Crippen LogP contribution in [0.15, 0.2) is 28.8 Å². The number of non-ortho nitro benzene ring substituents is 1. The minimum atomic E-state index is -1.25. The van der Waals surface area contributed by atoms with Gasteiger partial charge >= 0.3 is 5.97 Å². The van der Waals surface area contributed by atoms with E-state index in [9.17, 15) is 14.9 Å². The Morgan fingerprint density at radius 1 is 1.52 bits per heavy atom. The molecule has 1 aromatic carbocycles. The summed E-state index contributed by atoms with van der Waals surface area (Å²) in [5.41, 5.74) is -0.182. The standard InChI is InChI=1S/C13H13N3O5/c1-2-9-6-15-12(21-9)7-14-11-4-3-8(16(19)20)5-10(11)13(17)18/h3-6,14H,2,7H2,1H3,(H,17,18). The van der Waals surface area contributed by atoms with Crippen LogP contribution >= 0.6 is 0 Å². The van der Waals surface area contributed by atoms with Gasteiger partial charge in [0.15, 0.2) is 0 Å². The molecule has 0 fully saturated rings. The third-order valence-electron chi connectivity index (χ3n) is 2.82. The molecule has 0 aliphatic heterocycles. The van der Waals surface area contributed by atoms with Crippen LogP contribution in [0.25, 0.3) is 0 Å². The Hall–Kier alpha value is -2.90. The van der Waals surface area contributed by atoms with Crippen LogP contribution in [0.4, 0.5) is 11.4 Å². The molecule has 8 nitrogen and oxygen atoms in total. The Labute approximate surface area is 119 Å². The number of hydrogen-bond donors (Lipinski definition) is 2. The number of hydrogen-bond acceptors (Lipinski definition) is 6. The minimum Gasteiger partial charge on any atom is -0.478 e.